The summed E-state index contributed by atoms with van der Waals surface area (Å²) in [6.07, 6.45) is 0. The molecule has 108 valence electrons. The van der Waals surface area contributed by atoms with Gasteiger partial charge in [0.05, 0.1) is 0 Å². The van der Waals surface area contributed by atoms with E-state index >= 15 is 0 Å². The Morgan fingerprint density at radius 3 is 1.79 bits per heavy atom. The molecule has 0 aliphatic rings. The highest BCUT2D eigenvalue weighted by Gasteiger charge is 2.12. The van der Waals surface area contributed by atoms with Gasteiger partial charge in [0.2, 0.25) is 0 Å². The molecule has 0 heterocycles. The molecule has 2 N–H and O–H groups in total. The fraction of sp³-hybridized carbons (Fsp3) is 0.533. The third kappa shape index (κ3) is 4.15. The summed E-state index contributed by atoms with van der Waals surface area (Å²) in [5.41, 5.74) is 14.3. The van der Waals surface area contributed by atoms with Crippen molar-refractivity contribution in [1.29, 1.82) is 0 Å². The third-order valence-electron chi connectivity index (χ3n) is 3.83. The highest BCUT2D eigenvalue weighted by Crippen LogP contribution is 2.28. The van der Waals surface area contributed by atoms with Gasteiger partial charge in [-0.3, -0.25) is 4.99 Å². The number of nitrogens with zero attached hydrogens (tertiary/aromatic N) is 1. The summed E-state index contributed by atoms with van der Waals surface area (Å²) in [6, 6.07) is 0. The molecule has 0 radical (unpaired) electrons. The first-order valence-corrected chi connectivity index (χ1v) is 7.37. The van der Waals surface area contributed by atoms with Crippen molar-refractivity contribution in [2.24, 2.45) is 10.7 Å². The van der Waals surface area contributed by atoms with E-state index in [0.717, 1.165) is 12.3 Å². The first kappa shape index (κ1) is 18.3. The van der Waals surface area contributed by atoms with Crippen LogP contribution in [0.1, 0.15) is 40.3 Å². The molecule has 0 saturated heterocycles. The molecule has 0 aliphatic carbocycles. The van der Waals surface area contributed by atoms with Crippen LogP contribution in [0.5, 0.6) is 0 Å². The second-order valence-corrected chi connectivity index (χ2v) is 5.70. The van der Waals surface area contributed by atoms with E-state index in [4.69, 9.17) is 5.73 Å². The van der Waals surface area contributed by atoms with Crippen molar-refractivity contribution in [3.8, 4) is 0 Å². The van der Waals surface area contributed by atoms with Crippen LogP contribution in [0.3, 0.4) is 0 Å². The molecular formula is C15H24ClN2S-. The summed E-state index contributed by atoms with van der Waals surface area (Å²) < 4.78 is 0. The molecule has 1 rings (SSSR count). The van der Waals surface area contributed by atoms with Crippen LogP contribution >= 0.6 is 11.8 Å². The predicted molar refractivity (Wildman–Crippen MR) is 83.6 cm³/mol. The van der Waals surface area contributed by atoms with Crippen LogP contribution in [0.4, 0.5) is 0 Å². The molecule has 0 fully saturated rings. The Morgan fingerprint density at radius 2 is 1.37 bits per heavy atom. The number of amidine groups is 1. The van der Waals surface area contributed by atoms with E-state index in [1.54, 1.807) is 11.8 Å². The van der Waals surface area contributed by atoms with E-state index in [-0.39, 0.29) is 12.4 Å². The highest BCUT2D eigenvalue weighted by atomic mass is 35.5. The molecule has 0 aromatic heterocycles. The Kier molecular flexibility index (Phi) is 7.53. The Hall–Kier alpha value is -0.670. The maximum absolute atomic E-state index is 5.85. The normalized spacial score (nSPS) is 11.4. The molecule has 0 unspecified atom stereocenters. The number of thioether (sulfide) groups is 1. The SMILES string of the molecule is CCN=C(N)SCc1c(C)c(C)c(C)c(C)c1C.[Cl-]. The van der Waals surface area contributed by atoms with Crippen molar-refractivity contribution in [3.05, 3.63) is 33.4 Å². The average Bonchev–Trinajstić information content (AvgIpc) is 2.34. The van der Waals surface area contributed by atoms with Crippen molar-refractivity contribution in [2.45, 2.75) is 47.3 Å². The lowest BCUT2D eigenvalue weighted by atomic mass is 9.90. The monoisotopic (exact) mass is 299 g/mol. The molecule has 1 aromatic rings. The van der Waals surface area contributed by atoms with Gasteiger partial charge in [-0.2, -0.15) is 0 Å². The van der Waals surface area contributed by atoms with E-state index in [0.29, 0.717) is 5.17 Å². The molecule has 0 bridgehead atoms. The van der Waals surface area contributed by atoms with Gasteiger partial charge in [-0.05, 0) is 74.9 Å². The van der Waals surface area contributed by atoms with Crippen molar-refractivity contribution in [1.82, 2.24) is 0 Å². The van der Waals surface area contributed by atoms with Gasteiger partial charge in [-0.25, -0.2) is 0 Å². The molecule has 1 aromatic carbocycles. The van der Waals surface area contributed by atoms with Crippen LogP contribution in [0.25, 0.3) is 0 Å². The fourth-order valence-electron chi connectivity index (χ4n) is 2.14. The number of nitrogens with two attached hydrogens (primary N) is 1. The smallest absolute Gasteiger partial charge is 0.154 e. The number of benzene rings is 1. The zero-order valence-corrected chi connectivity index (χ0v) is 14.3. The summed E-state index contributed by atoms with van der Waals surface area (Å²) in [4.78, 5) is 4.22. The van der Waals surface area contributed by atoms with E-state index in [1.807, 2.05) is 6.92 Å². The molecule has 19 heavy (non-hydrogen) atoms. The van der Waals surface area contributed by atoms with Crippen LogP contribution in [0, 0.1) is 34.6 Å². The molecule has 0 aliphatic heterocycles. The molecular weight excluding hydrogens is 276 g/mol. The van der Waals surface area contributed by atoms with Gasteiger partial charge in [0.1, 0.15) is 0 Å². The van der Waals surface area contributed by atoms with Gasteiger partial charge in [0, 0.05) is 12.3 Å². The maximum Gasteiger partial charge on any atom is 0.154 e. The van der Waals surface area contributed by atoms with Crippen LogP contribution in [0.2, 0.25) is 0 Å². The highest BCUT2D eigenvalue weighted by molar-refractivity contribution is 8.13. The number of hydrogen-bond donors (Lipinski definition) is 1. The minimum atomic E-state index is 0. The Balaban J connectivity index is 0.00000324. The lowest BCUT2D eigenvalue weighted by molar-refractivity contribution is -0.00000420. The van der Waals surface area contributed by atoms with Crippen molar-refractivity contribution in [3.63, 3.8) is 0 Å². The maximum atomic E-state index is 5.85. The minimum Gasteiger partial charge on any atom is -1.00 e. The lowest BCUT2D eigenvalue weighted by Gasteiger charge is -2.18. The molecule has 4 heteroatoms. The summed E-state index contributed by atoms with van der Waals surface area (Å²) in [7, 11) is 0. The van der Waals surface area contributed by atoms with E-state index in [1.165, 1.54) is 33.4 Å². The van der Waals surface area contributed by atoms with Gasteiger partial charge in [0.25, 0.3) is 0 Å². The van der Waals surface area contributed by atoms with Gasteiger partial charge < -0.3 is 18.1 Å². The average molecular weight is 300 g/mol. The van der Waals surface area contributed by atoms with Gasteiger partial charge >= 0.3 is 0 Å². The molecule has 0 spiro atoms. The van der Waals surface area contributed by atoms with Crippen LogP contribution in [0.15, 0.2) is 4.99 Å². The van der Waals surface area contributed by atoms with Gasteiger partial charge in [0.15, 0.2) is 5.17 Å². The van der Waals surface area contributed by atoms with E-state index in [2.05, 4.69) is 39.6 Å². The first-order valence-electron chi connectivity index (χ1n) is 6.38. The first-order chi connectivity index (χ1) is 8.40. The second kappa shape index (κ2) is 7.81. The molecule has 2 nitrogen and oxygen atoms in total. The van der Waals surface area contributed by atoms with Crippen LogP contribution < -0.4 is 18.1 Å². The molecule has 0 atom stereocenters. The third-order valence-corrected chi connectivity index (χ3v) is 4.69. The number of rotatable bonds is 3. The van der Waals surface area contributed by atoms with E-state index in [9.17, 15) is 0 Å². The molecule has 0 saturated carbocycles. The van der Waals surface area contributed by atoms with Gasteiger partial charge in [-0.1, -0.05) is 11.8 Å². The standard InChI is InChI=1S/C15H24N2S.ClH/c1-7-17-15(16)18-8-14-12(5)10(3)9(2)11(4)13(14)6;/h7-8H2,1-6H3,(H2,16,17);1H/p-1. The largest absolute Gasteiger partial charge is 1.00 e. The lowest BCUT2D eigenvalue weighted by Crippen LogP contribution is -3.00. The summed E-state index contributed by atoms with van der Waals surface area (Å²) in [6.45, 7) is 13.8. The summed E-state index contributed by atoms with van der Waals surface area (Å²) in [5.74, 6) is 0.912. The van der Waals surface area contributed by atoms with Crippen molar-refractivity contribution >= 4 is 16.9 Å². The fourth-order valence-corrected chi connectivity index (χ4v) is 3.09. The van der Waals surface area contributed by atoms with Crippen molar-refractivity contribution < 1.29 is 12.4 Å². The predicted octanol–water partition coefficient (Wildman–Crippen LogP) is 0.801. The van der Waals surface area contributed by atoms with Crippen molar-refractivity contribution in [2.75, 3.05) is 6.54 Å². The zero-order chi connectivity index (χ0) is 13.9. The number of hydrogen-bond acceptors (Lipinski definition) is 2. The summed E-state index contributed by atoms with van der Waals surface area (Å²) in [5, 5.41) is 0.687. The second-order valence-electron chi connectivity index (χ2n) is 4.70. The Labute approximate surface area is 127 Å². The van der Waals surface area contributed by atoms with Crippen LogP contribution in [-0.2, 0) is 5.75 Å². The van der Waals surface area contributed by atoms with Crippen LogP contribution in [-0.4, -0.2) is 11.7 Å². The van der Waals surface area contributed by atoms with Gasteiger partial charge in [-0.15, -0.1) is 0 Å². The zero-order valence-electron chi connectivity index (χ0n) is 12.7. The molecule has 0 amide bonds. The number of halogens is 1. The quantitative estimate of drug-likeness (QED) is 0.662. The minimum absolute atomic E-state index is 0. The Bertz CT molecular complexity index is 453. The number of aliphatic imine (C=N–C) groups is 1. The topological polar surface area (TPSA) is 38.4 Å². The van der Waals surface area contributed by atoms with E-state index < -0.39 is 0 Å². The summed E-state index contributed by atoms with van der Waals surface area (Å²) >= 11 is 1.63. The Morgan fingerprint density at radius 1 is 0.947 bits per heavy atom.